The highest BCUT2D eigenvalue weighted by Gasteiger charge is 2.22. The molecule has 1 aliphatic heterocycles. The number of nitrogen functional groups attached to an aromatic ring is 1. The molecule has 0 radical (unpaired) electrons. The SMILES string of the molecule is CCCc1cc(N2CCCN(C(C)=O)CC2)nc2sc(C(N)=O)c(N)c12. The molecule has 7 nitrogen and oxygen atoms in total. The van der Waals surface area contributed by atoms with Crippen molar-refractivity contribution in [3.63, 3.8) is 0 Å². The van der Waals surface area contributed by atoms with Gasteiger partial charge >= 0.3 is 0 Å². The number of aromatic nitrogens is 1. The Bertz CT molecular complexity index is 848. The fourth-order valence-electron chi connectivity index (χ4n) is 3.46. The first kappa shape index (κ1) is 18.4. The molecule has 3 heterocycles. The molecule has 0 unspecified atom stereocenters. The highest BCUT2D eigenvalue weighted by Crippen LogP contribution is 2.37. The Morgan fingerprint density at radius 2 is 2.04 bits per heavy atom. The number of nitrogens with zero attached hydrogens (tertiary/aromatic N) is 3. The molecule has 0 atom stereocenters. The highest BCUT2D eigenvalue weighted by atomic mass is 32.1. The van der Waals surface area contributed by atoms with E-state index in [0.29, 0.717) is 17.1 Å². The van der Waals surface area contributed by atoms with Crippen molar-refractivity contribution in [2.24, 2.45) is 5.73 Å². The average Bonchev–Trinajstić information content (AvgIpc) is 2.78. The van der Waals surface area contributed by atoms with Gasteiger partial charge in [-0.1, -0.05) is 13.3 Å². The largest absolute Gasteiger partial charge is 0.397 e. The molecule has 140 valence electrons. The molecular weight excluding hydrogens is 350 g/mol. The van der Waals surface area contributed by atoms with Crippen LogP contribution in [0.15, 0.2) is 6.07 Å². The summed E-state index contributed by atoms with van der Waals surface area (Å²) in [7, 11) is 0. The minimum atomic E-state index is -0.513. The molecule has 0 aliphatic carbocycles. The van der Waals surface area contributed by atoms with Gasteiger partial charge in [-0.15, -0.1) is 11.3 Å². The Hall–Kier alpha value is -2.35. The number of primary amides is 1. The second-order valence-electron chi connectivity index (χ2n) is 6.63. The summed E-state index contributed by atoms with van der Waals surface area (Å²) in [6.07, 6.45) is 2.73. The zero-order valence-electron chi connectivity index (χ0n) is 15.2. The summed E-state index contributed by atoms with van der Waals surface area (Å²) in [5, 5.41) is 0.856. The maximum absolute atomic E-state index is 11.7. The first-order chi connectivity index (χ1) is 12.4. The first-order valence-corrected chi connectivity index (χ1v) is 9.76. The molecule has 2 aromatic rings. The number of amides is 2. The summed E-state index contributed by atoms with van der Waals surface area (Å²) in [6.45, 7) is 6.77. The van der Waals surface area contributed by atoms with Crippen molar-refractivity contribution < 1.29 is 9.59 Å². The molecule has 26 heavy (non-hydrogen) atoms. The quantitative estimate of drug-likeness (QED) is 0.850. The molecule has 1 saturated heterocycles. The number of aryl methyl sites for hydroxylation is 1. The van der Waals surface area contributed by atoms with Crippen LogP contribution < -0.4 is 16.4 Å². The van der Waals surface area contributed by atoms with Gasteiger partial charge in [-0.05, 0) is 24.5 Å². The van der Waals surface area contributed by atoms with Crippen LogP contribution in [0.1, 0.15) is 41.9 Å². The first-order valence-electron chi connectivity index (χ1n) is 8.94. The third-order valence-electron chi connectivity index (χ3n) is 4.78. The third-order valence-corrected chi connectivity index (χ3v) is 5.89. The van der Waals surface area contributed by atoms with Crippen molar-refractivity contribution in [2.45, 2.75) is 33.1 Å². The normalized spacial score (nSPS) is 15.3. The molecule has 3 rings (SSSR count). The molecule has 0 aromatic carbocycles. The standard InChI is InChI=1S/C18H25N5O2S/c1-3-5-12-10-13(23-7-4-6-22(8-9-23)11(2)24)21-18-14(12)15(19)16(26-18)17(20)25/h10H,3-9,19H2,1-2H3,(H2,20,25). The van der Waals surface area contributed by atoms with Gasteiger partial charge in [0.2, 0.25) is 5.91 Å². The second kappa shape index (κ2) is 7.49. The van der Waals surface area contributed by atoms with Crippen LogP contribution in [-0.2, 0) is 11.2 Å². The number of thiophene rings is 1. The number of carbonyl (C=O) groups excluding carboxylic acids is 2. The summed E-state index contributed by atoms with van der Waals surface area (Å²) in [6, 6.07) is 2.07. The molecule has 1 fully saturated rings. The fourth-order valence-corrected chi connectivity index (χ4v) is 4.45. The Morgan fingerprint density at radius 1 is 1.27 bits per heavy atom. The van der Waals surface area contributed by atoms with Gasteiger partial charge in [0.05, 0.1) is 5.69 Å². The van der Waals surface area contributed by atoms with Crippen LogP contribution in [0.4, 0.5) is 11.5 Å². The van der Waals surface area contributed by atoms with Crippen molar-refractivity contribution in [3.05, 3.63) is 16.5 Å². The summed E-state index contributed by atoms with van der Waals surface area (Å²) in [5.74, 6) is 0.476. The molecule has 1 aliphatic rings. The van der Waals surface area contributed by atoms with E-state index < -0.39 is 5.91 Å². The lowest BCUT2D eigenvalue weighted by Crippen LogP contribution is -2.33. The molecular formula is C18H25N5O2S. The van der Waals surface area contributed by atoms with E-state index in [2.05, 4.69) is 17.9 Å². The zero-order valence-corrected chi connectivity index (χ0v) is 16.1. The lowest BCUT2D eigenvalue weighted by molar-refractivity contribution is -0.128. The smallest absolute Gasteiger partial charge is 0.260 e. The van der Waals surface area contributed by atoms with Gasteiger partial charge in [-0.3, -0.25) is 9.59 Å². The van der Waals surface area contributed by atoms with Crippen molar-refractivity contribution >= 4 is 44.9 Å². The van der Waals surface area contributed by atoms with E-state index in [-0.39, 0.29) is 5.91 Å². The lowest BCUT2D eigenvalue weighted by Gasteiger charge is -2.23. The van der Waals surface area contributed by atoms with Gasteiger partial charge in [0, 0.05) is 38.5 Å². The van der Waals surface area contributed by atoms with Gasteiger partial charge in [0.25, 0.3) is 5.91 Å². The van der Waals surface area contributed by atoms with Crippen LogP contribution in [0.25, 0.3) is 10.2 Å². The number of nitrogens with two attached hydrogens (primary N) is 2. The van der Waals surface area contributed by atoms with E-state index in [1.807, 2.05) is 4.90 Å². The van der Waals surface area contributed by atoms with Gasteiger partial charge in [-0.2, -0.15) is 0 Å². The summed E-state index contributed by atoms with van der Waals surface area (Å²) < 4.78 is 0. The number of hydrogen-bond donors (Lipinski definition) is 2. The van der Waals surface area contributed by atoms with Crippen molar-refractivity contribution in [3.8, 4) is 0 Å². The average molecular weight is 375 g/mol. The Kier molecular flexibility index (Phi) is 5.31. The number of rotatable bonds is 4. The van der Waals surface area contributed by atoms with Crippen molar-refractivity contribution in [2.75, 3.05) is 36.8 Å². The van der Waals surface area contributed by atoms with Crippen LogP contribution in [-0.4, -0.2) is 47.9 Å². The van der Waals surface area contributed by atoms with Crippen LogP contribution in [0.5, 0.6) is 0 Å². The maximum Gasteiger partial charge on any atom is 0.260 e. The monoisotopic (exact) mass is 375 g/mol. The van der Waals surface area contributed by atoms with Crippen LogP contribution >= 0.6 is 11.3 Å². The number of hydrogen-bond acceptors (Lipinski definition) is 6. The fraction of sp³-hybridized carbons (Fsp3) is 0.500. The van der Waals surface area contributed by atoms with Gasteiger partial charge in [0.15, 0.2) is 0 Å². The molecule has 0 saturated carbocycles. The van der Waals surface area contributed by atoms with Crippen LogP contribution in [0, 0.1) is 0 Å². The topological polar surface area (TPSA) is 106 Å². The van der Waals surface area contributed by atoms with Crippen LogP contribution in [0.2, 0.25) is 0 Å². The van der Waals surface area contributed by atoms with E-state index >= 15 is 0 Å². The highest BCUT2D eigenvalue weighted by molar-refractivity contribution is 7.21. The van der Waals surface area contributed by atoms with Gasteiger partial charge in [0.1, 0.15) is 15.5 Å². The van der Waals surface area contributed by atoms with Gasteiger partial charge < -0.3 is 21.3 Å². The minimum absolute atomic E-state index is 0.110. The maximum atomic E-state index is 11.7. The second-order valence-corrected chi connectivity index (χ2v) is 7.62. The molecule has 4 N–H and O–H groups in total. The summed E-state index contributed by atoms with van der Waals surface area (Å²) in [4.78, 5) is 33.3. The summed E-state index contributed by atoms with van der Waals surface area (Å²) in [5.41, 5.74) is 13.2. The van der Waals surface area contributed by atoms with E-state index in [0.717, 1.165) is 60.5 Å². The van der Waals surface area contributed by atoms with E-state index in [1.165, 1.54) is 11.3 Å². The predicted octanol–water partition coefficient (Wildman–Crippen LogP) is 1.99. The number of pyridine rings is 1. The molecule has 0 bridgehead atoms. The van der Waals surface area contributed by atoms with E-state index in [9.17, 15) is 9.59 Å². The van der Waals surface area contributed by atoms with Gasteiger partial charge in [-0.25, -0.2) is 4.98 Å². The Balaban J connectivity index is 2.01. The number of anilines is 2. The summed E-state index contributed by atoms with van der Waals surface area (Å²) >= 11 is 1.26. The van der Waals surface area contributed by atoms with E-state index in [4.69, 9.17) is 16.5 Å². The Morgan fingerprint density at radius 3 is 2.69 bits per heavy atom. The lowest BCUT2D eigenvalue weighted by atomic mass is 10.1. The van der Waals surface area contributed by atoms with E-state index in [1.54, 1.807) is 6.92 Å². The zero-order chi connectivity index (χ0) is 18.8. The minimum Gasteiger partial charge on any atom is -0.397 e. The third kappa shape index (κ3) is 3.46. The Labute approximate surface area is 157 Å². The van der Waals surface area contributed by atoms with Crippen molar-refractivity contribution in [1.29, 1.82) is 0 Å². The molecule has 0 spiro atoms. The molecule has 8 heteroatoms. The van der Waals surface area contributed by atoms with Crippen LogP contribution in [0.3, 0.4) is 0 Å². The molecule has 2 aromatic heterocycles. The number of fused-ring (bicyclic) bond motifs is 1. The van der Waals surface area contributed by atoms with Crippen molar-refractivity contribution in [1.82, 2.24) is 9.88 Å². The number of carbonyl (C=O) groups is 2. The molecule has 2 amide bonds. The predicted molar refractivity (Wildman–Crippen MR) is 106 cm³/mol.